The second-order valence-corrected chi connectivity index (χ2v) is 15.5. The summed E-state index contributed by atoms with van der Waals surface area (Å²) in [5, 5.41) is 28.7. The van der Waals surface area contributed by atoms with Crippen molar-refractivity contribution in [3.05, 3.63) is 96.6 Å². The Balaban J connectivity index is 0.000000157. The molecule has 0 fully saturated rings. The Bertz CT molecular complexity index is 2630. The van der Waals surface area contributed by atoms with Crippen molar-refractivity contribution in [2.24, 2.45) is 0 Å². The van der Waals surface area contributed by atoms with Gasteiger partial charge in [0.2, 0.25) is 0 Å². The van der Waals surface area contributed by atoms with Crippen molar-refractivity contribution >= 4 is 86.3 Å². The van der Waals surface area contributed by atoms with E-state index < -0.39 is 25.5 Å². The highest BCUT2D eigenvalue weighted by Gasteiger charge is 2.14. The first-order valence-corrected chi connectivity index (χ1v) is 18.6. The van der Waals surface area contributed by atoms with Crippen LogP contribution in [0.1, 0.15) is 5.56 Å². The molecule has 17 heteroatoms. The highest BCUT2D eigenvalue weighted by molar-refractivity contribution is 7.91. The van der Waals surface area contributed by atoms with Gasteiger partial charge in [0.05, 0.1) is 26.5 Å². The predicted molar refractivity (Wildman–Crippen MR) is 189 cm³/mol. The van der Waals surface area contributed by atoms with E-state index in [0.717, 1.165) is 45.1 Å². The van der Waals surface area contributed by atoms with Crippen LogP contribution in [0, 0.1) is 12.7 Å². The van der Waals surface area contributed by atoms with Crippen molar-refractivity contribution < 1.29 is 21.2 Å². The van der Waals surface area contributed by atoms with E-state index in [1.807, 2.05) is 25.1 Å². The Labute approximate surface area is 284 Å². The average Bonchev–Trinajstić information content (AvgIpc) is 3.73. The number of halogens is 1. The van der Waals surface area contributed by atoms with Gasteiger partial charge in [-0.15, -0.1) is 0 Å². The second kappa shape index (κ2) is 12.4. The molecule has 14 nitrogen and oxygen atoms in total. The van der Waals surface area contributed by atoms with E-state index in [1.54, 1.807) is 42.7 Å². The lowest BCUT2D eigenvalue weighted by atomic mass is 10.1. The lowest BCUT2D eigenvalue weighted by Gasteiger charge is -2.12. The molecule has 252 valence electrons. The van der Waals surface area contributed by atoms with Crippen LogP contribution in [0.15, 0.2) is 95.0 Å². The first-order valence-electron chi connectivity index (χ1n) is 14.9. The standard InChI is InChI=1S/C17H15N5O2S.C16H12FN5O2S/c1-10-7-16-17(21-22-20-16)9-15(10)19-14-5-6-18-13-4-3-11(8-12(13)14)25(2,23)24;1-25(23,24)9-2-3-12-10(6-9)13(4-5-18-12)19-14-8-16-15(7-11(14)17)20-22-21-16/h3-9H,1-2H3,(H,18,19)(H,20,21,22);2-8H,1H3,(H,18,19)(H,20,21,22). The summed E-state index contributed by atoms with van der Waals surface area (Å²) in [6.45, 7) is 1.97. The van der Waals surface area contributed by atoms with Gasteiger partial charge >= 0.3 is 0 Å². The number of rotatable bonds is 6. The number of hydrogen-bond donors (Lipinski definition) is 4. The van der Waals surface area contributed by atoms with E-state index in [9.17, 15) is 21.2 Å². The van der Waals surface area contributed by atoms with Gasteiger partial charge in [0.25, 0.3) is 0 Å². The van der Waals surface area contributed by atoms with Crippen LogP contribution in [-0.4, -0.2) is 70.1 Å². The quantitative estimate of drug-likeness (QED) is 0.163. The summed E-state index contributed by atoms with van der Waals surface area (Å²) < 4.78 is 61.6. The van der Waals surface area contributed by atoms with Crippen LogP contribution in [0.4, 0.5) is 27.1 Å². The molecule has 0 aliphatic heterocycles. The van der Waals surface area contributed by atoms with Gasteiger partial charge < -0.3 is 10.6 Å². The van der Waals surface area contributed by atoms with E-state index >= 15 is 0 Å². The molecule has 4 aromatic heterocycles. The topological polar surface area (TPSA) is 201 Å². The lowest BCUT2D eigenvalue weighted by molar-refractivity contribution is 0.600. The molecule has 0 bridgehead atoms. The van der Waals surface area contributed by atoms with E-state index in [4.69, 9.17) is 0 Å². The zero-order chi connectivity index (χ0) is 35.2. The first kappa shape index (κ1) is 32.5. The zero-order valence-corrected chi connectivity index (χ0v) is 28.2. The molecule has 0 saturated carbocycles. The first-order chi connectivity index (χ1) is 23.8. The number of aryl methyl sites for hydroxylation is 1. The Morgan fingerprint density at radius 2 is 0.980 bits per heavy atom. The Morgan fingerprint density at radius 3 is 1.48 bits per heavy atom. The van der Waals surface area contributed by atoms with Crippen molar-refractivity contribution in [2.75, 3.05) is 23.1 Å². The Kier molecular flexibility index (Phi) is 8.07. The van der Waals surface area contributed by atoms with E-state index in [-0.39, 0.29) is 15.5 Å². The minimum atomic E-state index is -3.37. The number of benzene rings is 4. The third kappa shape index (κ3) is 6.50. The normalized spacial score (nSPS) is 11.9. The molecule has 0 radical (unpaired) electrons. The van der Waals surface area contributed by atoms with E-state index in [2.05, 4.69) is 51.4 Å². The number of sulfone groups is 2. The van der Waals surface area contributed by atoms with Gasteiger partial charge in [-0.2, -0.15) is 30.8 Å². The summed E-state index contributed by atoms with van der Waals surface area (Å²) in [5.74, 6) is -0.495. The van der Waals surface area contributed by atoms with Crippen molar-refractivity contribution in [1.29, 1.82) is 0 Å². The number of fused-ring (bicyclic) bond motifs is 4. The summed E-state index contributed by atoms with van der Waals surface area (Å²) in [7, 11) is -6.66. The summed E-state index contributed by atoms with van der Waals surface area (Å²) in [6.07, 6.45) is 5.59. The van der Waals surface area contributed by atoms with E-state index in [1.165, 1.54) is 30.5 Å². The number of H-pyrrole nitrogens is 2. The number of aromatic amines is 2. The Morgan fingerprint density at radius 1 is 0.540 bits per heavy atom. The number of nitrogens with one attached hydrogen (secondary N) is 4. The van der Waals surface area contributed by atoms with Gasteiger partial charge in [-0.3, -0.25) is 9.97 Å². The molecule has 0 amide bonds. The van der Waals surface area contributed by atoms with Crippen molar-refractivity contribution in [2.45, 2.75) is 16.7 Å². The second-order valence-electron chi connectivity index (χ2n) is 11.5. The Hall–Kier alpha value is -6.07. The van der Waals surface area contributed by atoms with Crippen LogP contribution >= 0.6 is 0 Å². The van der Waals surface area contributed by atoms with Crippen LogP contribution in [-0.2, 0) is 19.7 Å². The minimum Gasteiger partial charge on any atom is -0.355 e. The molecule has 8 aromatic rings. The summed E-state index contributed by atoms with van der Waals surface area (Å²) in [6, 6.07) is 19.7. The van der Waals surface area contributed by atoms with Gasteiger partial charge in [-0.25, -0.2) is 21.2 Å². The average molecular weight is 711 g/mol. The van der Waals surface area contributed by atoms with Gasteiger partial charge in [0.1, 0.15) is 27.9 Å². The van der Waals surface area contributed by atoms with Gasteiger partial charge in [0.15, 0.2) is 19.7 Å². The fourth-order valence-corrected chi connectivity index (χ4v) is 6.60. The maximum Gasteiger partial charge on any atom is 0.175 e. The predicted octanol–water partition coefficient (Wildman–Crippen LogP) is 5.75. The maximum atomic E-state index is 14.3. The molecule has 8 rings (SSSR count). The number of pyridine rings is 2. The summed E-state index contributed by atoms with van der Waals surface area (Å²) >= 11 is 0. The van der Waals surface area contributed by atoms with Crippen LogP contribution in [0.25, 0.3) is 43.9 Å². The number of nitrogens with zero attached hydrogens (tertiary/aromatic N) is 6. The molecule has 4 N–H and O–H groups in total. The number of anilines is 4. The van der Waals surface area contributed by atoms with Gasteiger partial charge in [-0.1, -0.05) is 0 Å². The molecule has 50 heavy (non-hydrogen) atoms. The molecule has 0 saturated heterocycles. The maximum absolute atomic E-state index is 14.3. The monoisotopic (exact) mass is 710 g/mol. The number of hydrogen-bond acceptors (Lipinski definition) is 12. The van der Waals surface area contributed by atoms with Crippen LogP contribution in [0.2, 0.25) is 0 Å². The molecular formula is C33H27FN10O4S2. The van der Waals surface area contributed by atoms with Crippen molar-refractivity contribution in [3.8, 4) is 0 Å². The molecule has 0 spiro atoms. The molecule has 0 atom stereocenters. The fraction of sp³-hybridized carbons (Fsp3) is 0.0909. The van der Waals surface area contributed by atoms with Gasteiger partial charge in [0, 0.05) is 58.8 Å². The summed E-state index contributed by atoms with van der Waals surface area (Å²) in [4.78, 5) is 8.96. The largest absolute Gasteiger partial charge is 0.355 e. The summed E-state index contributed by atoms with van der Waals surface area (Å²) in [5.41, 5.74) is 7.20. The molecule has 0 aliphatic carbocycles. The number of aromatic nitrogens is 8. The zero-order valence-electron chi connectivity index (χ0n) is 26.6. The fourth-order valence-electron chi connectivity index (χ4n) is 5.31. The van der Waals surface area contributed by atoms with Crippen molar-refractivity contribution in [1.82, 2.24) is 40.8 Å². The minimum absolute atomic E-state index is 0.170. The van der Waals surface area contributed by atoms with Crippen LogP contribution in [0.5, 0.6) is 0 Å². The van der Waals surface area contributed by atoms with Crippen LogP contribution < -0.4 is 10.6 Å². The molecular weight excluding hydrogens is 684 g/mol. The molecule has 4 aromatic carbocycles. The van der Waals surface area contributed by atoms with Gasteiger partial charge in [-0.05, 0) is 79.2 Å². The smallest absolute Gasteiger partial charge is 0.175 e. The molecule has 0 aliphatic rings. The highest BCUT2D eigenvalue weighted by atomic mass is 32.2. The third-order valence-electron chi connectivity index (χ3n) is 7.89. The van der Waals surface area contributed by atoms with E-state index in [0.29, 0.717) is 27.6 Å². The SMILES string of the molecule is CS(=O)(=O)c1ccc2nccc(Nc3cc4n[nH]nc4cc3F)c2c1.Cc1cc2n[nH]nc2cc1Nc1ccnc2ccc(S(C)(=O)=O)cc12. The lowest BCUT2D eigenvalue weighted by Crippen LogP contribution is -1.99. The molecule has 0 unspecified atom stereocenters. The van der Waals surface area contributed by atoms with Crippen molar-refractivity contribution in [3.63, 3.8) is 0 Å². The third-order valence-corrected chi connectivity index (χ3v) is 10.1. The van der Waals surface area contributed by atoms with Crippen LogP contribution in [0.3, 0.4) is 0 Å². The molecule has 4 heterocycles. The highest BCUT2D eigenvalue weighted by Crippen LogP contribution is 2.31.